The highest BCUT2D eigenvalue weighted by Crippen LogP contribution is 2.37. The second-order valence-corrected chi connectivity index (χ2v) is 7.95. The Morgan fingerprint density at radius 2 is 2.14 bits per heavy atom. The van der Waals surface area contributed by atoms with Crippen molar-refractivity contribution in [1.29, 1.82) is 0 Å². The van der Waals surface area contributed by atoms with Crippen molar-refractivity contribution in [3.05, 3.63) is 23.2 Å². The number of ether oxygens (including phenoxy) is 2. The van der Waals surface area contributed by atoms with Crippen molar-refractivity contribution >= 4 is 34.0 Å². The minimum Gasteiger partial charge on any atom is -0.454 e. The lowest BCUT2D eigenvalue weighted by atomic mass is 10.1. The Kier molecular flexibility index (Phi) is 5.43. The summed E-state index contributed by atoms with van der Waals surface area (Å²) in [6.07, 6.45) is 4.42. The van der Waals surface area contributed by atoms with Crippen LogP contribution in [0.3, 0.4) is 0 Å². The normalized spacial score (nSPS) is 18.0. The molecule has 1 aromatic heterocycles. The minimum atomic E-state index is -0.426. The fraction of sp³-hybridized carbons (Fsp3) is 0.474. The SMILES string of the molecule is CCCCCc1nnc(NC(=O)C2CC(=O)N(c3ccc4c(c3)OCO4)C2)s1. The molecule has 2 aromatic rings. The van der Waals surface area contributed by atoms with Gasteiger partial charge in [0.1, 0.15) is 5.01 Å². The number of hydrogen-bond donors (Lipinski definition) is 1. The van der Waals surface area contributed by atoms with Crippen molar-refractivity contribution in [3.63, 3.8) is 0 Å². The number of benzene rings is 1. The molecule has 1 N–H and O–H groups in total. The average molecular weight is 402 g/mol. The zero-order valence-corrected chi connectivity index (χ0v) is 16.5. The van der Waals surface area contributed by atoms with Gasteiger partial charge in [-0.1, -0.05) is 31.1 Å². The standard InChI is InChI=1S/C19H22N4O4S/c1-2-3-4-5-16-21-22-19(28-16)20-18(25)12-8-17(24)23(10-12)13-6-7-14-15(9-13)27-11-26-14/h6-7,9,12H,2-5,8,10-11H2,1H3,(H,20,22,25). The van der Waals surface area contributed by atoms with E-state index in [1.54, 1.807) is 23.1 Å². The van der Waals surface area contributed by atoms with E-state index in [-0.39, 0.29) is 25.0 Å². The summed E-state index contributed by atoms with van der Waals surface area (Å²) in [4.78, 5) is 26.7. The van der Waals surface area contributed by atoms with E-state index < -0.39 is 5.92 Å². The van der Waals surface area contributed by atoms with E-state index >= 15 is 0 Å². The Morgan fingerprint density at radius 3 is 3.00 bits per heavy atom. The smallest absolute Gasteiger partial charge is 0.231 e. The zero-order chi connectivity index (χ0) is 19.5. The molecule has 2 aliphatic rings. The number of aryl methyl sites for hydroxylation is 1. The first-order chi connectivity index (χ1) is 13.6. The van der Waals surface area contributed by atoms with E-state index in [1.165, 1.54) is 11.3 Å². The number of aromatic nitrogens is 2. The van der Waals surface area contributed by atoms with Gasteiger partial charge in [0.05, 0.1) is 5.92 Å². The van der Waals surface area contributed by atoms with Gasteiger partial charge in [-0.25, -0.2) is 0 Å². The number of unbranched alkanes of at least 4 members (excludes halogenated alkanes) is 2. The molecule has 1 unspecified atom stereocenters. The van der Waals surface area contributed by atoms with Gasteiger partial charge < -0.3 is 19.7 Å². The summed E-state index contributed by atoms with van der Waals surface area (Å²) in [5, 5.41) is 12.4. The molecule has 3 heterocycles. The Balaban J connectivity index is 1.36. The number of fused-ring (bicyclic) bond motifs is 1. The van der Waals surface area contributed by atoms with Gasteiger partial charge in [0.25, 0.3) is 0 Å². The monoisotopic (exact) mass is 402 g/mol. The molecule has 8 nitrogen and oxygen atoms in total. The van der Waals surface area contributed by atoms with Crippen molar-refractivity contribution in [3.8, 4) is 11.5 Å². The fourth-order valence-corrected chi connectivity index (χ4v) is 4.11. The van der Waals surface area contributed by atoms with Gasteiger partial charge in [-0.2, -0.15) is 0 Å². The van der Waals surface area contributed by atoms with Crippen LogP contribution in [0.25, 0.3) is 0 Å². The third-order valence-corrected chi connectivity index (χ3v) is 5.75. The lowest BCUT2D eigenvalue weighted by Crippen LogP contribution is -2.28. The number of hydrogen-bond acceptors (Lipinski definition) is 7. The van der Waals surface area contributed by atoms with Crippen LogP contribution in [-0.4, -0.2) is 35.3 Å². The average Bonchev–Trinajstić information content (AvgIpc) is 3.41. The van der Waals surface area contributed by atoms with E-state index in [0.29, 0.717) is 28.9 Å². The van der Waals surface area contributed by atoms with E-state index in [1.807, 2.05) is 0 Å². The summed E-state index contributed by atoms with van der Waals surface area (Å²) < 4.78 is 10.7. The number of rotatable bonds is 7. The van der Waals surface area contributed by atoms with Gasteiger partial charge in [0.15, 0.2) is 11.5 Å². The van der Waals surface area contributed by atoms with Crippen LogP contribution in [0.1, 0.15) is 37.6 Å². The molecule has 28 heavy (non-hydrogen) atoms. The molecule has 1 aromatic carbocycles. The Bertz CT molecular complexity index is 885. The van der Waals surface area contributed by atoms with Crippen molar-refractivity contribution < 1.29 is 19.1 Å². The van der Waals surface area contributed by atoms with Crippen LogP contribution in [-0.2, 0) is 16.0 Å². The third-order valence-electron chi connectivity index (χ3n) is 4.85. The van der Waals surface area contributed by atoms with Crippen LogP contribution in [0.5, 0.6) is 11.5 Å². The maximum Gasteiger partial charge on any atom is 0.231 e. The molecule has 0 saturated carbocycles. The van der Waals surface area contributed by atoms with Gasteiger partial charge in [-0.15, -0.1) is 10.2 Å². The first-order valence-electron chi connectivity index (χ1n) is 9.47. The molecule has 1 fully saturated rings. The molecule has 0 spiro atoms. The topological polar surface area (TPSA) is 93.7 Å². The number of amides is 2. The van der Waals surface area contributed by atoms with Crippen LogP contribution >= 0.6 is 11.3 Å². The maximum absolute atomic E-state index is 12.6. The second-order valence-electron chi connectivity index (χ2n) is 6.89. The van der Waals surface area contributed by atoms with Crippen LogP contribution in [0.15, 0.2) is 18.2 Å². The highest BCUT2D eigenvalue weighted by Gasteiger charge is 2.36. The summed E-state index contributed by atoms with van der Waals surface area (Å²) in [5.74, 6) is 0.563. The summed E-state index contributed by atoms with van der Waals surface area (Å²) in [6.45, 7) is 2.66. The Morgan fingerprint density at radius 1 is 1.29 bits per heavy atom. The minimum absolute atomic E-state index is 0.0865. The van der Waals surface area contributed by atoms with Crippen molar-refractivity contribution in [2.24, 2.45) is 5.92 Å². The Hall–Kier alpha value is -2.68. The predicted octanol–water partition coefficient (Wildman–Crippen LogP) is 2.99. The highest BCUT2D eigenvalue weighted by molar-refractivity contribution is 7.15. The molecule has 9 heteroatoms. The lowest BCUT2D eigenvalue weighted by molar-refractivity contribution is -0.122. The van der Waals surface area contributed by atoms with Crippen molar-refractivity contribution in [2.75, 3.05) is 23.6 Å². The van der Waals surface area contributed by atoms with Gasteiger partial charge in [0.2, 0.25) is 23.7 Å². The summed E-state index contributed by atoms with van der Waals surface area (Å²) in [7, 11) is 0. The summed E-state index contributed by atoms with van der Waals surface area (Å²) in [5.41, 5.74) is 0.707. The van der Waals surface area contributed by atoms with Gasteiger partial charge in [-0.3, -0.25) is 9.59 Å². The molecule has 148 valence electrons. The van der Waals surface area contributed by atoms with Gasteiger partial charge in [0, 0.05) is 31.1 Å². The van der Waals surface area contributed by atoms with Gasteiger partial charge >= 0.3 is 0 Å². The van der Waals surface area contributed by atoms with Crippen molar-refractivity contribution in [2.45, 2.75) is 39.0 Å². The van der Waals surface area contributed by atoms with Crippen LogP contribution in [0, 0.1) is 5.92 Å². The number of nitrogens with zero attached hydrogens (tertiary/aromatic N) is 3. The van der Waals surface area contributed by atoms with Crippen LogP contribution in [0.2, 0.25) is 0 Å². The molecule has 4 rings (SSSR count). The summed E-state index contributed by atoms with van der Waals surface area (Å²) >= 11 is 1.40. The van der Waals surface area contributed by atoms with Crippen LogP contribution < -0.4 is 19.7 Å². The zero-order valence-electron chi connectivity index (χ0n) is 15.6. The number of nitrogens with one attached hydrogen (secondary N) is 1. The molecule has 0 aliphatic carbocycles. The van der Waals surface area contributed by atoms with Gasteiger partial charge in [-0.05, 0) is 18.6 Å². The maximum atomic E-state index is 12.6. The molecule has 0 bridgehead atoms. The third kappa shape index (κ3) is 3.94. The fourth-order valence-electron chi connectivity index (χ4n) is 3.32. The first-order valence-corrected chi connectivity index (χ1v) is 10.3. The molecular formula is C19H22N4O4S. The van der Waals surface area contributed by atoms with Crippen LogP contribution in [0.4, 0.5) is 10.8 Å². The van der Waals surface area contributed by atoms with Crippen molar-refractivity contribution in [1.82, 2.24) is 10.2 Å². The molecule has 2 amide bonds. The quantitative estimate of drug-likeness (QED) is 0.716. The molecular weight excluding hydrogens is 380 g/mol. The number of carbonyl (C=O) groups excluding carboxylic acids is 2. The molecule has 0 radical (unpaired) electrons. The first kappa shape index (κ1) is 18.7. The van der Waals surface area contributed by atoms with E-state index in [0.717, 1.165) is 30.7 Å². The molecule has 1 saturated heterocycles. The second kappa shape index (κ2) is 8.14. The molecule has 1 atom stereocenters. The highest BCUT2D eigenvalue weighted by atomic mass is 32.1. The van der Waals surface area contributed by atoms with E-state index in [9.17, 15) is 9.59 Å². The van der Waals surface area contributed by atoms with E-state index in [2.05, 4.69) is 22.4 Å². The predicted molar refractivity (Wildman–Crippen MR) is 105 cm³/mol. The number of anilines is 2. The number of carbonyl (C=O) groups is 2. The largest absolute Gasteiger partial charge is 0.454 e. The summed E-state index contributed by atoms with van der Waals surface area (Å²) in [6, 6.07) is 5.35. The lowest BCUT2D eigenvalue weighted by Gasteiger charge is -2.16. The molecule has 2 aliphatic heterocycles. The Labute approximate surface area is 166 Å². The van der Waals surface area contributed by atoms with E-state index in [4.69, 9.17) is 9.47 Å².